The Kier molecular flexibility index (Phi) is 3.80. The first-order valence-electron chi connectivity index (χ1n) is 6.40. The molecular weight excluding hydrogens is 264 g/mol. The minimum absolute atomic E-state index is 0.0197. The summed E-state index contributed by atoms with van der Waals surface area (Å²) in [4.78, 5) is 24.6. The van der Waals surface area contributed by atoms with Crippen LogP contribution in [-0.2, 0) is 14.9 Å². The second-order valence-corrected chi connectivity index (χ2v) is 5.78. The molecule has 1 N–H and O–H groups in total. The molecule has 0 saturated carbocycles. The summed E-state index contributed by atoms with van der Waals surface area (Å²) < 4.78 is 10.2. The SMILES string of the molecule is CC(C)(C)c1cc(C(=O)N2CCOC(C(=O)O)C2)no1. The second-order valence-electron chi connectivity index (χ2n) is 5.78. The normalized spacial score (nSPS) is 19.9. The van der Waals surface area contributed by atoms with Gasteiger partial charge < -0.3 is 19.3 Å². The number of amides is 1. The first kappa shape index (κ1) is 14.5. The van der Waals surface area contributed by atoms with Gasteiger partial charge in [0.2, 0.25) is 0 Å². The predicted octanol–water partition coefficient (Wildman–Crippen LogP) is 0.898. The number of aromatic nitrogens is 1. The van der Waals surface area contributed by atoms with Crippen molar-refractivity contribution in [1.82, 2.24) is 10.1 Å². The van der Waals surface area contributed by atoms with Crippen LogP contribution in [0.5, 0.6) is 0 Å². The van der Waals surface area contributed by atoms with Gasteiger partial charge in [0, 0.05) is 18.0 Å². The number of hydrogen-bond donors (Lipinski definition) is 1. The van der Waals surface area contributed by atoms with E-state index in [1.165, 1.54) is 4.90 Å². The zero-order chi connectivity index (χ0) is 14.9. The Morgan fingerprint density at radius 1 is 1.45 bits per heavy atom. The Bertz CT molecular complexity index is 517. The summed E-state index contributed by atoms with van der Waals surface area (Å²) in [5.41, 5.74) is -0.0406. The third-order valence-electron chi connectivity index (χ3n) is 3.10. The molecule has 0 aromatic carbocycles. The van der Waals surface area contributed by atoms with E-state index in [4.69, 9.17) is 14.4 Å². The monoisotopic (exact) mass is 282 g/mol. The van der Waals surface area contributed by atoms with Crippen molar-refractivity contribution >= 4 is 11.9 Å². The standard InChI is InChI=1S/C13H18N2O5/c1-13(2,3)10-6-8(14-20-10)11(16)15-4-5-19-9(7-15)12(17)18/h6,9H,4-5,7H2,1-3H3,(H,17,18). The molecule has 1 saturated heterocycles. The Hall–Kier alpha value is -1.89. The van der Waals surface area contributed by atoms with Crippen molar-refractivity contribution < 1.29 is 24.0 Å². The van der Waals surface area contributed by atoms with Crippen LogP contribution in [0.1, 0.15) is 37.0 Å². The van der Waals surface area contributed by atoms with Gasteiger partial charge in [-0.25, -0.2) is 4.79 Å². The van der Waals surface area contributed by atoms with Gasteiger partial charge >= 0.3 is 5.97 Å². The van der Waals surface area contributed by atoms with Gasteiger partial charge in [-0.15, -0.1) is 0 Å². The number of carboxylic acid groups (broad SMARTS) is 1. The van der Waals surface area contributed by atoms with Gasteiger partial charge in [-0.05, 0) is 0 Å². The lowest BCUT2D eigenvalue weighted by molar-refractivity contribution is -0.154. The summed E-state index contributed by atoms with van der Waals surface area (Å²) in [5.74, 6) is -0.791. The van der Waals surface area contributed by atoms with E-state index in [1.54, 1.807) is 6.07 Å². The number of aliphatic carboxylic acids is 1. The van der Waals surface area contributed by atoms with Crippen LogP contribution >= 0.6 is 0 Å². The Morgan fingerprint density at radius 3 is 2.70 bits per heavy atom. The Labute approximate surface area is 116 Å². The van der Waals surface area contributed by atoms with Gasteiger partial charge in [0.15, 0.2) is 11.8 Å². The molecule has 7 nitrogen and oxygen atoms in total. The highest BCUT2D eigenvalue weighted by Crippen LogP contribution is 2.23. The minimum atomic E-state index is -1.07. The number of carbonyl (C=O) groups is 2. The molecule has 2 rings (SSSR count). The highest BCUT2D eigenvalue weighted by Gasteiger charge is 2.31. The smallest absolute Gasteiger partial charge is 0.334 e. The summed E-state index contributed by atoms with van der Waals surface area (Å²) in [6.07, 6.45) is -0.985. The molecule has 0 bridgehead atoms. The number of carbonyl (C=O) groups excluding carboxylic acids is 1. The van der Waals surface area contributed by atoms with Gasteiger partial charge in [-0.3, -0.25) is 4.79 Å². The van der Waals surface area contributed by atoms with Crippen LogP contribution in [0.25, 0.3) is 0 Å². The van der Waals surface area contributed by atoms with Crippen LogP contribution in [0.3, 0.4) is 0 Å². The zero-order valence-corrected chi connectivity index (χ0v) is 11.8. The third-order valence-corrected chi connectivity index (χ3v) is 3.10. The van der Waals surface area contributed by atoms with E-state index in [1.807, 2.05) is 20.8 Å². The third kappa shape index (κ3) is 2.98. The van der Waals surface area contributed by atoms with E-state index in [2.05, 4.69) is 5.16 Å². The maximum absolute atomic E-state index is 12.3. The molecule has 20 heavy (non-hydrogen) atoms. The average molecular weight is 282 g/mol. The summed E-state index contributed by atoms with van der Waals surface area (Å²) in [6, 6.07) is 1.60. The largest absolute Gasteiger partial charge is 0.479 e. The van der Waals surface area contributed by atoms with Gasteiger partial charge in [-0.2, -0.15) is 0 Å². The van der Waals surface area contributed by atoms with Crippen molar-refractivity contribution in [2.45, 2.75) is 32.3 Å². The molecule has 2 heterocycles. The fourth-order valence-corrected chi connectivity index (χ4v) is 1.87. The molecule has 1 fully saturated rings. The van der Waals surface area contributed by atoms with E-state index >= 15 is 0 Å². The van der Waals surface area contributed by atoms with Crippen molar-refractivity contribution in [1.29, 1.82) is 0 Å². The maximum Gasteiger partial charge on any atom is 0.334 e. The quantitative estimate of drug-likeness (QED) is 0.866. The number of nitrogens with zero attached hydrogens (tertiary/aromatic N) is 2. The molecule has 0 radical (unpaired) electrons. The number of morpholine rings is 1. The molecule has 1 aromatic heterocycles. The second kappa shape index (κ2) is 5.24. The lowest BCUT2D eigenvalue weighted by Gasteiger charge is -2.30. The van der Waals surface area contributed by atoms with Crippen LogP contribution in [0.2, 0.25) is 0 Å². The van der Waals surface area contributed by atoms with Gasteiger partial charge in [-0.1, -0.05) is 25.9 Å². The molecule has 7 heteroatoms. The van der Waals surface area contributed by atoms with Crippen molar-refractivity contribution in [3.8, 4) is 0 Å². The van der Waals surface area contributed by atoms with Crippen molar-refractivity contribution in [3.05, 3.63) is 17.5 Å². The van der Waals surface area contributed by atoms with Gasteiger partial charge in [0.1, 0.15) is 5.76 Å². The maximum atomic E-state index is 12.3. The Balaban J connectivity index is 2.11. The fourth-order valence-electron chi connectivity index (χ4n) is 1.87. The van der Waals surface area contributed by atoms with E-state index < -0.39 is 12.1 Å². The molecule has 0 spiro atoms. The lowest BCUT2D eigenvalue weighted by Crippen LogP contribution is -2.48. The molecule has 1 aliphatic rings. The molecular formula is C13H18N2O5. The number of hydrogen-bond acceptors (Lipinski definition) is 5. The van der Waals surface area contributed by atoms with Crippen molar-refractivity contribution in [2.24, 2.45) is 0 Å². The molecule has 1 aromatic rings. The Morgan fingerprint density at radius 2 is 2.15 bits per heavy atom. The first-order valence-corrected chi connectivity index (χ1v) is 6.40. The minimum Gasteiger partial charge on any atom is -0.479 e. The number of ether oxygens (including phenoxy) is 1. The van der Waals surface area contributed by atoms with E-state index in [0.717, 1.165) is 0 Å². The van der Waals surface area contributed by atoms with Crippen LogP contribution in [0.15, 0.2) is 10.6 Å². The molecule has 110 valence electrons. The molecule has 0 aliphatic carbocycles. The van der Waals surface area contributed by atoms with E-state index in [0.29, 0.717) is 12.3 Å². The zero-order valence-electron chi connectivity index (χ0n) is 11.8. The lowest BCUT2D eigenvalue weighted by atomic mass is 9.93. The average Bonchev–Trinajstić information content (AvgIpc) is 2.87. The number of rotatable bonds is 2. The van der Waals surface area contributed by atoms with E-state index in [-0.39, 0.29) is 30.2 Å². The molecule has 1 atom stereocenters. The van der Waals surface area contributed by atoms with Crippen LogP contribution in [0, 0.1) is 0 Å². The predicted molar refractivity (Wildman–Crippen MR) is 68.5 cm³/mol. The van der Waals surface area contributed by atoms with Crippen molar-refractivity contribution in [2.75, 3.05) is 19.7 Å². The van der Waals surface area contributed by atoms with Crippen LogP contribution in [0.4, 0.5) is 0 Å². The highest BCUT2D eigenvalue weighted by molar-refractivity contribution is 5.92. The molecule has 1 unspecified atom stereocenters. The highest BCUT2D eigenvalue weighted by atomic mass is 16.5. The summed E-state index contributed by atoms with van der Waals surface area (Å²) in [7, 11) is 0. The fraction of sp³-hybridized carbons (Fsp3) is 0.615. The van der Waals surface area contributed by atoms with Crippen molar-refractivity contribution in [3.63, 3.8) is 0 Å². The summed E-state index contributed by atoms with van der Waals surface area (Å²) in [5, 5.41) is 12.7. The summed E-state index contributed by atoms with van der Waals surface area (Å²) in [6.45, 7) is 6.43. The molecule has 1 amide bonds. The van der Waals surface area contributed by atoms with Crippen LogP contribution < -0.4 is 0 Å². The van der Waals surface area contributed by atoms with Crippen LogP contribution in [-0.4, -0.2) is 52.8 Å². The first-order chi connectivity index (χ1) is 9.29. The van der Waals surface area contributed by atoms with Gasteiger partial charge in [0.05, 0.1) is 13.2 Å². The summed E-state index contributed by atoms with van der Waals surface area (Å²) >= 11 is 0. The topological polar surface area (TPSA) is 92.9 Å². The number of carboxylic acids is 1. The van der Waals surface area contributed by atoms with E-state index in [9.17, 15) is 9.59 Å². The van der Waals surface area contributed by atoms with Gasteiger partial charge in [0.25, 0.3) is 5.91 Å². The molecule has 1 aliphatic heterocycles.